The first kappa shape index (κ1) is 16.1. The van der Waals surface area contributed by atoms with E-state index in [0.717, 1.165) is 16.9 Å². The summed E-state index contributed by atoms with van der Waals surface area (Å²) in [5.74, 6) is -0.0494. The van der Waals surface area contributed by atoms with Gasteiger partial charge in [-0.25, -0.2) is 0 Å². The summed E-state index contributed by atoms with van der Waals surface area (Å²) >= 11 is 6.36. The standard InChI is InChI=1S/C15H22ClN3O2/c1-4-17-14-10-7-11(16)13(8-12(10)18-15(14)21)19(3)6-5-9(2)20/h7-9,14,17,20H,4-6H2,1-3H3,(H,18,21). The van der Waals surface area contributed by atoms with E-state index >= 15 is 0 Å². The lowest BCUT2D eigenvalue weighted by molar-refractivity contribution is -0.117. The Balaban J connectivity index is 2.24. The van der Waals surface area contributed by atoms with E-state index < -0.39 is 0 Å². The van der Waals surface area contributed by atoms with E-state index in [-0.39, 0.29) is 18.1 Å². The molecule has 3 N–H and O–H groups in total. The largest absolute Gasteiger partial charge is 0.393 e. The average molecular weight is 312 g/mol. The summed E-state index contributed by atoms with van der Waals surface area (Å²) in [4.78, 5) is 14.0. The van der Waals surface area contributed by atoms with Crippen molar-refractivity contribution in [3.63, 3.8) is 0 Å². The van der Waals surface area contributed by atoms with Crippen molar-refractivity contribution < 1.29 is 9.90 Å². The van der Waals surface area contributed by atoms with E-state index in [2.05, 4.69) is 10.6 Å². The minimum Gasteiger partial charge on any atom is -0.393 e. The number of halogens is 1. The minimum atomic E-state index is -0.349. The van der Waals surface area contributed by atoms with Gasteiger partial charge in [0.15, 0.2) is 0 Å². The molecule has 0 aliphatic carbocycles. The fourth-order valence-corrected chi connectivity index (χ4v) is 2.79. The van der Waals surface area contributed by atoms with Gasteiger partial charge in [-0.15, -0.1) is 0 Å². The predicted octanol–water partition coefficient (Wildman–Crippen LogP) is 2.15. The van der Waals surface area contributed by atoms with E-state index in [1.54, 1.807) is 6.92 Å². The maximum absolute atomic E-state index is 12.0. The van der Waals surface area contributed by atoms with Crippen molar-refractivity contribution in [2.24, 2.45) is 0 Å². The second kappa shape index (κ2) is 6.64. The summed E-state index contributed by atoms with van der Waals surface area (Å²) in [6, 6.07) is 3.41. The smallest absolute Gasteiger partial charge is 0.246 e. The van der Waals surface area contributed by atoms with Gasteiger partial charge < -0.3 is 20.6 Å². The minimum absolute atomic E-state index is 0.0494. The normalized spacial score (nSPS) is 18.3. The van der Waals surface area contributed by atoms with Crippen LogP contribution in [0, 0.1) is 0 Å². The second-order valence-corrected chi connectivity index (χ2v) is 5.84. The highest BCUT2D eigenvalue weighted by Gasteiger charge is 2.31. The van der Waals surface area contributed by atoms with E-state index in [1.165, 1.54) is 0 Å². The highest BCUT2D eigenvalue weighted by atomic mass is 35.5. The molecule has 0 radical (unpaired) electrons. The van der Waals surface area contributed by atoms with Crippen LogP contribution in [0.3, 0.4) is 0 Å². The zero-order valence-corrected chi connectivity index (χ0v) is 13.4. The summed E-state index contributed by atoms with van der Waals surface area (Å²) in [6.07, 6.45) is 0.314. The zero-order valence-electron chi connectivity index (χ0n) is 12.6. The number of carbonyl (C=O) groups is 1. The Morgan fingerprint density at radius 1 is 1.52 bits per heavy atom. The van der Waals surface area contributed by atoms with Gasteiger partial charge >= 0.3 is 0 Å². The third-order valence-electron chi connectivity index (χ3n) is 3.65. The highest BCUT2D eigenvalue weighted by Crippen LogP contribution is 2.38. The molecule has 0 bridgehead atoms. The lowest BCUT2D eigenvalue weighted by Gasteiger charge is -2.22. The topological polar surface area (TPSA) is 64.6 Å². The molecule has 116 valence electrons. The van der Waals surface area contributed by atoms with Crippen molar-refractivity contribution in [1.82, 2.24) is 5.32 Å². The van der Waals surface area contributed by atoms with Crippen molar-refractivity contribution in [3.8, 4) is 0 Å². The molecule has 0 spiro atoms. The van der Waals surface area contributed by atoms with Gasteiger partial charge in [-0.3, -0.25) is 4.79 Å². The number of fused-ring (bicyclic) bond motifs is 1. The van der Waals surface area contributed by atoms with Crippen LogP contribution in [0.25, 0.3) is 0 Å². The van der Waals surface area contributed by atoms with Crippen LogP contribution in [0.1, 0.15) is 31.9 Å². The molecule has 1 amide bonds. The first-order valence-electron chi connectivity index (χ1n) is 7.21. The number of hydrogen-bond donors (Lipinski definition) is 3. The summed E-state index contributed by atoms with van der Waals surface area (Å²) in [5, 5.41) is 16.0. The quantitative estimate of drug-likeness (QED) is 0.753. The molecule has 1 aromatic carbocycles. The highest BCUT2D eigenvalue weighted by molar-refractivity contribution is 6.33. The Morgan fingerprint density at radius 2 is 2.24 bits per heavy atom. The fourth-order valence-electron chi connectivity index (χ4n) is 2.47. The van der Waals surface area contributed by atoms with Crippen LogP contribution in [0.5, 0.6) is 0 Å². The molecule has 0 saturated carbocycles. The number of hydrogen-bond acceptors (Lipinski definition) is 4. The number of likely N-dealkylation sites (N-methyl/N-ethyl adjacent to an activating group) is 1. The van der Waals surface area contributed by atoms with Crippen molar-refractivity contribution in [3.05, 3.63) is 22.7 Å². The van der Waals surface area contributed by atoms with Crippen LogP contribution >= 0.6 is 11.6 Å². The van der Waals surface area contributed by atoms with Gasteiger partial charge in [-0.05, 0) is 32.0 Å². The van der Waals surface area contributed by atoms with E-state index in [4.69, 9.17) is 11.6 Å². The molecule has 21 heavy (non-hydrogen) atoms. The molecule has 1 aliphatic heterocycles. The van der Waals surface area contributed by atoms with Crippen LogP contribution in [0.2, 0.25) is 5.02 Å². The molecule has 0 aromatic heterocycles. The molecule has 2 rings (SSSR count). The van der Waals surface area contributed by atoms with Gasteiger partial charge in [0.25, 0.3) is 0 Å². The predicted molar refractivity (Wildman–Crippen MR) is 86.1 cm³/mol. The number of amides is 1. The number of aliphatic hydroxyl groups excluding tert-OH is 1. The number of anilines is 2. The van der Waals surface area contributed by atoms with Crippen molar-refractivity contribution in [1.29, 1.82) is 0 Å². The summed E-state index contributed by atoms with van der Waals surface area (Å²) in [6.45, 7) is 5.14. The first-order chi connectivity index (χ1) is 9.93. The Morgan fingerprint density at radius 3 is 2.86 bits per heavy atom. The lowest BCUT2D eigenvalue weighted by atomic mass is 10.1. The molecule has 2 atom stereocenters. The Kier molecular flexibility index (Phi) is 5.08. The monoisotopic (exact) mass is 311 g/mol. The fraction of sp³-hybridized carbons (Fsp3) is 0.533. The van der Waals surface area contributed by atoms with E-state index in [1.807, 2.05) is 31.0 Å². The van der Waals surface area contributed by atoms with Gasteiger partial charge in [0, 0.05) is 24.8 Å². The Hall–Kier alpha value is -1.30. The lowest BCUT2D eigenvalue weighted by Crippen LogP contribution is -2.27. The van der Waals surface area contributed by atoms with Crippen molar-refractivity contribution in [2.75, 3.05) is 30.4 Å². The third-order valence-corrected chi connectivity index (χ3v) is 3.95. The van der Waals surface area contributed by atoms with Crippen LogP contribution in [-0.2, 0) is 4.79 Å². The number of carbonyl (C=O) groups excluding carboxylic acids is 1. The molecule has 2 unspecified atom stereocenters. The van der Waals surface area contributed by atoms with Gasteiger partial charge in [-0.1, -0.05) is 18.5 Å². The number of benzene rings is 1. The number of nitrogens with one attached hydrogen (secondary N) is 2. The molecule has 6 heteroatoms. The molecule has 1 heterocycles. The van der Waals surface area contributed by atoms with Gasteiger partial charge in [0.05, 0.1) is 16.8 Å². The van der Waals surface area contributed by atoms with Crippen LogP contribution in [0.15, 0.2) is 12.1 Å². The van der Waals surface area contributed by atoms with Gasteiger partial charge in [0.1, 0.15) is 6.04 Å². The maximum atomic E-state index is 12.0. The Labute approximate surface area is 130 Å². The zero-order chi connectivity index (χ0) is 15.6. The van der Waals surface area contributed by atoms with Crippen LogP contribution in [0.4, 0.5) is 11.4 Å². The van der Waals surface area contributed by atoms with Crippen LogP contribution in [-0.4, -0.2) is 37.3 Å². The number of rotatable bonds is 6. The Bertz CT molecular complexity index is 534. The molecule has 5 nitrogen and oxygen atoms in total. The van der Waals surface area contributed by atoms with Crippen LogP contribution < -0.4 is 15.5 Å². The molecular formula is C15H22ClN3O2. The number of aliphatic hydroxyl groups is 1. The third kappa shape index (κ3) is 3.48. The van der Waals surface area contributed by atoms with E-state index in [9.17, 15) is 9.90 Å². The SMILES string of the molecule is CCNC1C(=O)Nc2cc(N(C)CCC(C)O)c(Cl)cc21. The first-order valence-corrected chi connectivity index (χ1v) is 7.58. The molecule has 0 fully saturated rings. The molecule has 1 aliphatic rings. The summed E-state index contributed by atoms with van der Waals surface area (Å²) in [5.41, 5.74) is 2.54. The maximum Gasteiger partial charge on any atom is 0.246 e. The molecule has 0 saturated heterocycles. The summed E-state index contributed by atoms with van der Waals surface area (Å²) in [7, 11) is 1.93. The number of nitrogens with zero attached hydrogens (tertiary/aromatic N) is 1. The van der Waals surface area contributed by atoms with Crippen molar-refractivity contribution in [2.45, 2.75) is 32.4 Å². The van der Waals surface area contributed by atoms with Crippen molar-refractivity contribution >= 4 is 28.9 Å². The van der Waals surface area contributed by atoms with Gasteiger partial charge in [-0.2, -0.15) is 0 Å². The molecular weight excluding hydrogens is 290 g/mol. The summed E-state index contributed by atoms with van der Waals surface area (Å²) < 4.78 is 0. The second-order valence-electron chi connectivity index (χ2n) is 5.43. The van der Waals surface area contributed by atoms with E-state index in [0.29, 0.717) is 24.5 Å². The molecule has 1 aromatic rings. The van der Waals surface area contributed by atoms with Gasteiger partial charge in [0.2, 0.25) is 5.91 Å². The average Bonchev–Trinajstić information content (AvgIpc) is 2.72.